The van der Waals surface area contributed by atoms with Crippen molar-refractivity contribution in [3.8, 4) is 0 Å². The Morgan fingerprint density at radius 2 is 2.00 bits per heavy atom. The molecule has 0 bridgehead atoms. The third-order valence-electron chi connectivity index (χ3n) is 4.08. The van der Waals surface area contributed by atoms with Gasteiger partial charge >= 0.3 is 5.97 Å². The molecule has 0 aliphatic heterocycles. The minimum atomic E-state index is -0.467. The number of hydrogen-bond donors (Lipinski definition) is 0. The Balaban J connectivity index is 2.48. The average molecular weight is 222 g/mol. The number of allylic oxidation sites excluding steroid dienone is 1. The van der Waals surface area contributed by atoms with E-state index in [1.165, 1.54) is 7.11 Å². The number of ether oxygens (including phenoxy) is 1. The van der Waals surface area contributed by atoms with Crippen LogP contribution in [0.25, 0.3) is 0 Å². The standard InChI is InChI=1S/C13H18O3/c1-9-10-5-3-4-7-13(10,12(15)16-2)8-6-11(9)14/h3-8H2,1-2H3. The van der Waals surface area contributed by atoms with Crippen LogP contribution in [0, 0.1) is 5.41 Å². The lowest BCUT2D eigenvalue weighted by atomic mass is 9.62. The first-order chi connectivity index (χ1) is 7.62. The lowest BCUT2D eigenvalue weighted by Gasteiger charge is -2.40. The predicted molar refractivity (Wildman–Crippen MR) is 59.9 cm³/mol. The molecule has 0 aromatic rings. The second kappa shape index (κ2) is 4.04. The Morgan fingerprint density at radius 1 is 1.25 bits per heavy atom. The molecule has 1 atom stereocenters. The van der Waals surface area contributed by atoms with E-state index >= 15 is 0 Å². The van der Waals surface area contributed by atoms with E-state index < -0.39 is 5.41 Å². The van der Waals surface area contributed by atoms with Crippen molar-refractivity contribution in [2.45, 2.75) is 45.4 Å². The monoisotopic (exact) mass is 222 g/mol. The van der Waals surface area contributed by atoms with E-state index in [9.17, 15) is 9.59 Å². The average Bonchev–Trinajstić information content (AvgIpc) is 2.33. The van der Waals surface area contributed by atoms with Crippen molar-refractivity contribution >= 4 is 11.8 Å². The molecule has 2 rings (SSSR count). The molecule has 2 aliphatic rings. The number of methoxy groups -OCH3 is 1. The van der Waals surface area contributed by atoms with Gasteiger partial charge in [-0.2, -0.15) is 0 Å². The largest absolute Gasteiger partial charge is 0.468 e. The second-order valence-electron chi connectivity index (χ2n) is 4.81. The maximum absolute atomic E-state index is 12.0. The van der Waals surface area contributed by atoms with E-state index in [-0.39, 0.29) is 11.8 Å². The highest BCUT2D eigenvalue weighted by Gasteiger charge is 2.47. The third kappa shape index (κ3) is 1.49. The Kier molecular flexibility index (Phi) is 2.87. The lowest BCUT2D eigenvalue weighted by Crippen LogP contribution is -2.40. The summed E-state index contributed by atoms with van der Waals surface area (Å²) in [6.07, 6.45) is 5.00. The minimum Gasteiger partial charge on any atom is -0.468 e. The zero-order chi connectivity index (χ0) is 11.8. The number of hydrogen-bond acceptors (Lipinski definition) is 3. The first-order valence-corrected chi connectivity index (χ1v) is 5.93. The quantitative estimate of drug-likeness (QED) is 0.640. The van der Waals surface area contributed by atoms with Gasteiger partial charge in [-0.3, -0.25) is 9.59 Å². The summed E-state index contributed by atoms with van der Waals surface area (Å²) in [5.41, 5.74) is 1.41. The van der Waals surface area contributed by atoms with Gasteiger partial charge in [0, 0.05) is 6.42 Å². The van der Waals surface area contributed by atoms with E-state index in [1.807, 2.05) is 6.92 Å². The first kappa shape index (κ1) is 11.4. The summed E-state index contributed by atoms with van der Waals surface area (Å²) in [6.45, 7) is 1.86. The summed E-state index contributed by atoms with van der Waals surface area (Å²) >= 11 is 0. The summed E-state index contributed by atoms with van der Waals surface area (Å²) in [4.78, 5) is 23.7. The molecule has 16 heavy (non-hydrogen) atoms. The zero-order valence-electron chi connectivity index (χ0n) is 9.97. The van der Waals surface area contributed by atoms with Gasteiger partial charge < -0.3 is 4.74 Å². The van der Waals surface area contributed by atoms with E-state index in [1.54, 1.807) is 0 Å². The zero-order valence-corrected chi connectivity index (χ0v) is 9.97. The van der Waals surface area contributed by atoms with E-state index in [0.717, 1.165) is 36.8 Å². The molecule has 0 radical (unpaired) electrons. The van der Waals surface area contributed by atoms with Crippen LogP contribution in [0.5, 0.6) is 0 Å². The number of carbonyl (C=O) groups excluding carboxylic acids is 2. The van der Waals surface area contributed by atoms with Gasteiger partial charge in [0.1, 0.15) is 0 Å². The SMILES string of the molecule is COC(=O)C12CCCCC1=C(C)C(=O)CC2. The summed E-state index contributed by atoms with van der Waals surface area (Å²) in [5.74, 6) is 0.0606. The molecule has 2 aliphatic carbocycles. The Morgan fingerprint density at radius 3 is 2.69 bits per heavy atom. The van der Waals surface area contributed by atoms with Gasteiger partial charge in [-0.05, 0) is 43.8 Å². The van der Waals surface area contributed by atoms with Crippen molar-refractivity contribution in [1.82, 2.24) is 0 Å². The summed E-state index contributed by atoms with van der Waals surface area (Å²) in [6, 6.07) is 0. The smallest absolute Gasteiger partial charge is 0.315 e. The molecular formula is C13H18O3. The Bertz CT molecular complexity index is 367. The van der Waals surface area contributed by atoms with Crippen LogP contribution in [-0.4, -0.2) is 18.9 Å². The van der Waals surface area contributed by atoms with Gasteiger partial charge in [-0.15, -0.1) is 0 Å². The number of carbonyl (C=O) groups is 2. The van der Waals surface area contributed by atoms with Gasteiger partial charge in [0.2, 0.25) is 0 Å². The lowest BCUT2D eigenvalue weighted by molar-refractivity contribution is -0.152. The number of fused-ring (bicyclic) bond motifs is 1. The van der Waals surface area contributed by atoms with Crippen molar-refractivity contribution in [2.75, 3.05) is 7.11 Å². The van der Waals surface area contributed by atoms with E-state index in [2.05, 4.69) is 0 Å². The van der Waals surface area contributed by atoms with Crippen LogP contribution in [0.15, 0.2) is 11.1 Å². The fourth-order valence-electron chi connectivity index (χ4n) is 3.15. The molecule has 0 aromatic heterocycles. The number of ketones is 1. The molecule has 3 nitrogen and oxygen atoms in total. The van der Waals surface area contributed by atoms with Crippen LogP contribution in [0.4, 0.5) is 0 Å². The van der Waals surface area contributed by atoms with Crippen molar-refractivity contribution in [3.05, 3.63) is 11.1 Å². The van der Waals surface area contributed by atoms with Gasteiger partial charge in [0.25, 0.3) is 0 Å². The minimum absolute atomic E-state index is 0.144. The summed E-state index contributed by atoms with van der Waals surface area (Å²) in [5, 5.41) is 0. The number of esters is 1. The van der Waals surface area contributed by atoms with Crippen molar-refractivity contribution in [2.24, 2.45) is 5.41 Å². The second-order valence-corrected chi connectivity index (χ2v) is 4.81. The highest BCUT2D eigenvalue weighted by molar-refractivity contribution is 5.99. The van der Waals surface area contributed by atoms with Crippen molar-refractivity contribution in [3.63, 3.8) is 0 Å². The van der Waals surface area contributed by atoms with Gasteiger partial charge in [-0.25, -0.2) is 0 Å². The van der Waals surface area contributed by atoms with Crippen LogP contribution < -0.4 is 0 Å². The highest BCUT2D eigenvalue weighted by atomic mass is 16.5. The molecule has 0 aromatic carbocycles. The molecule has 1 saturated carbocycles. The van der Waals surface area contributed by atoms with E-state index in [0.29, 0.717) is 12.8 Å². The Hall–Kier alpha value is -1.12. The van der Waals surface area contributed by atoms with Gasteiger partial charge in [0.05, 0.1) is 12.5 Å². The van der Waals surface area contributed by atoms with Crippen LogP contribution in [0.2, 0.25) is 0 Å². The highest BCUT2D eigenvalue weighted by Crippen LogP contribution is 2.49. The summed E-state index contributed by atoms with van der Waals surface area (Å²) < 4.78 is 4.95. The van der Waals surface area contributed by atoms with Crippen LogP contribution in [0.1, 0.15) is 45.4 Å². The maximum Gasteiger partial charge on any atom is 0.315 e. The molecule has 0 heterocycles. The first-order valence-electron chi connectivity index (χ1n) is 5.93. The Labute approximate surface area is 95.9 Å². The predicted octanol–water partition coefficient (Wildman–Crippen LogP) is 2.40. The van der Waals surface area contributed by atoms with Crippen LogP contribution >= 0.6 is 0 Å². The molecule has 1 unspecified atom stereocenters. The van der Waals surface area contributed by atoms with Gasteiger partial charge in [-0.1, -0.05) is 6.42 Å². The molecule has 0 amide bonds. The fraction of sp³-hybridized carbons (Fsp3) is 0.692. The summed E-state index contributed by atoms with van der Waals surface area (Å²) in [7, 11) is 1.44. The number of Topliss-reactive ketones (excluding diaryl/α,β-unsaturated/α-hetero) is 1. The fourth-order valence-corrected chi connectivity index (χ4v) is 3.15. The number of rotatable bonds is 1. The van der Waals surface area contributed by atoms with Gasteiger partial charge in [0.15, 0.2) is 5.78 Å². The third-order valence-corrected chi connectivity index (χ3v) is 4.08. The molecule has 0 saturated heterocycles. The molecule has 0 N–H and O–H groups in total. The van der Waals surface area contributed by atoms with Crippen molar-refractivity contribution in [1.29, 1.82) is 0 Å². The normalized spacial score (nSPS) is 30.0. The maximum atomic E-state index is 12.0. The van der Waals surface area contributed by atoms with Crippen molar-refractivity contribution < 1.29 is 14.3 Å². The molecular weight excluding hydrogens is 204 g/mol. The van der Waals surface area contributed by atoms with Crippen LogP contribution in [0.3, 0.4) is 0 Å². The topological polar surface area (TPSA) is 43.4 Å². The van der Waals surface area contributed by atoms with E-state index in [4.69, 9.17) is 4.74 Å². The molecule has 1 fully saturated rings. The molecule has 0 spiro atoms. The molecule has 88 valence electrons. The van der Waals surface area contributed by atoms with Crippen LogP contribution in [-0.2, 0) is 14.3 Å². The molecule has 3 heteroatoms.